The summed E-state index contributed by atoms with van der Waals surface area (Å²) in [6.45, 7) is 5.78. The molecule has 2 aromatic carbocycles. The van der Waals surface area contributed by atoms with Gasteiger partial charge < -0.3 is 0 Å². The van der Waals surface area contributed by atoms with Crippen molar-refractivity contribution in [3.05, 3.63) is 65.2 Å². The van der Waals surface area contributed by atoms with E-state index in [-0.39, 0.29) is 32.1 Å². The van der Waals surface area contributed by atoms with Gasteiger partial charge in [-0.15, -0.1) is 0 Å². The van der Waals surface area contributed by atoms with Crippen LogP contribution in [0.15, 0.2) is 54.1 Å². The van der Waals surface area contributed by atoms with Crippen LogP contribution in [0.25, 0.3) is 0 Å². The van der Waals surface area contributed by atoms with Crippen LogP contribution in [0.4, 0.5) is 0 Å². The molecule has 0 aliphatic heterocycles. The molecule has 2 aromatic rings. The fraction of sp³-hybridized carbons (Fsp3) is 0.417. The second-order valence-corrected chi connectivity index (χ2v) is 10.5. The average Bonchev–Trinajstić information content (AvgIpc) is 2.70. The number of hydrogen-bond acceptors (Lipinski definition) is 4. The van der Waals surface area contributed by atoms with Crippen LogP contribution in [0, 0.1) is 0 Å². The summed E-state index contributed by atoms with van der Waals surface area (Å²) in [6, 6.07) is 13.8. The van der Waals surface area contributed by atoms with Gasteiger partial charge in [0.05, 0.1) is 0 Å². The van der Waals surface area contributed by atoms with Crippen molar-refractivity contribution in [3.63, 3.8) is 0 Å². The molecule has 0 amide bonds. The molecule has 0 aliphatic rings. The van der Waals surface area contributed by atoms with Gasteiger partial charge in [0.15, 0.2) is 0 Å². The molecule has 0 bridgehead atoms. The topological polar surface area (TPSA) is 69.9 Å². The zero-order chi connectivity index (χ0) is 21.4. The molecular formula is C24H32O4Se. The Hall–Kier alpha value is -1.78. The van der Waals surface area contributed by atoms with Crippen molar-refractivity contribution in [1.82, 2.24) is 0 Å². The number of phenolic OH excluding ortho intramolecular Hbond substituents is 1. The number of ether oxygens (including phenoxy) is 1. The summed E-state index contributed by atoms with van der Waals surface area (Å²) in [7, 11) is 1.51. The molecule has 1 atom stereocenters. The zero-order valence-electron chi connectivity index (χ0n) is 17.7. The van der Waals surface area contributed by atoms with Gasteiger partial charge in [0.25, 0.3) is 0 Å². The SMILES string of the molecule is COc1cc(CO)cc(C/C=C(\C)CCC([Se]c2ccccc2)C(C)(C)O)c1O. The summed E-state index contributed by atoms with van der Waals surface area (Å²) in [5, 5.41) is 30.4. The van der Waals surface area contributed by atoms with Crippen molar-refractivity contribution in [1.29, 1.82) is 0 Å². The standard InChI is InChI=1S/C24H32O4Se/c1-17(10-12-19-14-18(16-25)15-21(28-4)23(19)26)11-13-22(24(2,3)27)29-20-8-6-5-7-9-20/h5-10,14-15,22,25-27H,11-13,16H2,1-4H3/b17-10+. The molecule has 29 heavy (non-hydrogen) atoms. The molecule has 0 heterocycles. The number of benzene rings is 2. The third kappa shape index (κ3) is 7.20. The molecule has 0 aromatic heterocycles. The van der Waals surface area contributed by atoms with Crippen LogP contribution in [0.3, 0.4) is 0 Å². The zero-order valence-corrected chi connectivity index (χ0v) is 19.4. The predicted octanol–water partition coefficient (Wildman–Crippen LogP) is 3.75. The molecule has 1 unspecified atom stereocenters. The maximum atomic E-state index is 10.6. The van der Waals surface area contributed by atoms with Gasteiger partial charge in [-0.1, -0.05) is 0 Å². The molecule has 158 valence electrons. The Bertz CT molecular complexity index is 810. The second kappa shape index (κ2) is 10.8. The van der Waals surface area contributed by atoms with E-state index in [9.17, 15) is 15.3 Å². The molecule has 0 radical (unpaired) electrons. The Kier molecular flexibility index (Phi) is 8.78. The fourth-order valence-corrected chi connectivity index (χ4v) is 5.54. The molecule has 0 spiro atoms. The number of phenols is 1. The molecule has 0 aliphatic carbocycles. The van der Waals surface area contributed by atoms with Crippen molar-refractivity contribution in [2.45, 2.75) is 57.1 Å². The van der Waals surface area contributed by atoms with Crippen molar-refractivity contribution in [3.8, 4) is 11.5 Å². The number of rotatable bonds is 10. The van der Waals surface area contributed by atoms with Crippen molar-refractivity contribution in [2.24, 2.45) is 0 Å². The summed E-state index contributed by atoms with van der Waals surface area (Å²) in [6.07, 6.45) is 4.47. The average molecular weight is 463 g/mol. The molecule has 2 rings (SSSR count). The molecule has 3 N–H and O–H groups in total. The number of allylic oxidation sites excluding steroid dienone is 2. The van der Waals surface area contributed by atoms with Crippen molar-refractivity contribution >= 4 is 19.4 Å². The molecule has 0 saturated carbocycles. The summed E-state index contributed by atoms with van der Waals surface area (Å²) in [5.41, 5.74) is 1.95. The molecule has 5 heteroatoms. The summed E-state index contributed by atoms with van der Waals surface area (Å²) in [5.74, 6) is 0.501. The van der Waals surface area contributed by atoms with Crippen LogP contribution >= 0.6 is 0 Å². The van der Waals surface area contributed by atoms with E-state index in [4.69, 9.17) is 4.74 Å². The first kappa shape index (κ1) is 23.5. The summed E-state index contributed by atoms with van der Waals surface area (Å²) in [4.78, 5) is 0.215. The Morgan fingerprint density at radius 1 is 1.21 bits per heavy atom. The van der Waals surface area contributed by atoms with Crippen LogP contribution in [0.2, 0.25) is 4.82 Å². The van der Waals surface area contributed by atoms with Crippen LogP contribution in [0.1, 0.15) is 44.7 Å². The fourth-order valence-electron chi connectivity index (χ4n) is 3.10. The Balaban J connectivity index is 2.04. The molecule has 4 nitrogen and oxygen atoms in total. The monoisotopic (exact) mass is 464 g/mol. The van der Waals surface area contributed by atoms with Crippen LogP contribution in [-0.4, -0.2) is 43.0 Å². The third-order valence-electron chi connectivity index (χ3n) is 4.90. The van der Waals surface area contributed by atoms with Crippen LogP contribution in [0.5, 0.6) is 11.5 Å². The van der Waals surface area contributed by atoms with E-state index in [0.29, 0.717) is 17.7 Å². The Morgan fingerprint density at radius 3 is 2.48 bits per heavy atom. The Labute approximate surface area is 180 Å². The number of aliphatic hydroxyl groups is 2. The van der Waals surface area contributed by atoms with E-state index in [1.807, 2.05) is 32.0 Å². The van der Waals surface area contributed by atoms with Crippen LogP contribution in [-0.2, 0) is 13.0 Å². The summed E-state index contributed by atoms with van der Waals surface area (Å²) >= 11 is 0.195. The number of aromatic hydroxyl groups is 1. The van der Waals surface area contributed by atoms with Gasteiger partial charge in [-0.2, -0.15) is 0 Å². The van der Waals surface area contributed by atoms with E-state index in [2.05, 4.69) is 25.1 Å². The van der Waals surface area contributed by atoms with Crippen molar-refractivity contribution < 1.29 is 20.1 Å². The van der Waals surface area contributed by atoms with Crippen molar-refractivity contribution in [2.75, 3.05) is 7.11 Å². The van der Waals surface area contributed by atoms with E-state index < -0.39 is 5.60 Å². The van der Waals surface area contributed by atoms with E-state index in [1.165, 1.54) is 17.1 Å². The molecule has 0 saturated heterocycles. The summed E-state index contributed by atoms with van der Waals surface area (Å²) < 4.78 is 6.50. The minimum atomic E-state index is -0.725. The van der Waals surface area contributed by atoms with E-state index in [0.717, 1.165) is 18.4 Å². The van der Waals surface area contributed by atoms with E-state index >= 15 is 0 Å². The minimum absolute atomic E-state index is 0.0961. The molecule has 0 fully saturated rings. The van der Waals surface area contributed by atoms with Gasteiger partial charge >= 0.3 is 180 Å². The number of hydrogen-bond donors (Lipinski definition) is 3. The predicted molar refractivity (Wildman–Crippen MR) is 119 cm³/mol. The number of methoxy groups -OCH3 is 1. The van der Waals surface area contributed by atoms with Crippen LogP contribution < -0.4 is 9.20 Å². The second-order valence-electron chi connectivity index (χ2n) is 7.83. The van der Waals surface area contributed by atoms with Gasteiger partial charge in [0.1, 0.15) is 0 Å². The number of aliphatic hydroxyl groups excluding tert-OH is 1. The first-order valence-corrected chi connectivity index (χ1v) is 11.7. The first-order valence-electron chi connectivity index (χ1n) is 9.84. The quantitative estimate of drug-likeness (QED) is 0.371. The van der Waals surface area contributed by atoms with Gasteiger partial charge in [0, 0.05) is 0 Å². The third-order valence-corrected chi connectivity index (χ3v) is 8.34. The first-order chi connectivity index (χ1) is 13.7. The Morgan fingerprint density at radius 2 is 1.90 bits per heavy atom. The van der Waals surface area contributed by atoms with Gasteiger partial charge in [-0.3, -0.25) is 0 Å². The van der Waals surface area contributed by atoms with Gasteiger partial charge in [-0.05, 0) is 0 Å². The molecular weight excluding hydrogens is 431 g/mol. The maximum absolute atomic E-state index is 10.6. The van der Waals surface area contributed by atoms with E-state index in [1.54, 1.807) is 12.1 Å². The van der Waals surface area contributed by atoms with Gasteiger partial charge in [-0.25, -0.2) is 0 Å². The normalized spacial score (nSPS) is 13.4. The van der Waals surface area contributed by atoms with Gasteiger partial charge in [0.2, 0.25) is 0 Å².